The lowest BCUT2D eigenvalue weighted by molar-refractivity contribution is -0.128. The number of phenolic OH excluding ortho intramolecular Hbond substituents is 1. The van der Waals surface area contributed by atoms with Gasteiger partial charge in [0.25, 0.3) is 0 Å². The maximum atomic E-state index is 13.4. The number of ketones is 1. The van der Waals surface area contributed by atoms with E-state index in [0.717, 1.165) is 30.9 Å². The summed E-state index contributed by atoms with van der Waals surface area (Å²) >= 11 is 0. The number of rotatable bonds is 18. The Labute approximate surface area is 211 Å². The topological polar surface area (TPSA) is 63.6 Å². The number of unbranched alkanes of at least 4 members (excludes halogenated alkanes) is 11. The summed E-state index contributed by atoms with van der Waals surface area (Å²) < 4.78 is 5.04. The smallest absolute Gasteiger partial charge is 0.335 e. The Balaban J connectivity index is 1.85. The van der Waals surface area contributed by atoms with Crippen molar-refractivity contribution in [1.82, 2.24) is 0 Å². The highest BCUT2D eigenvalue weighted by Crippen LogP contribution is 2.32. The molecule has 4 heteroatoms. The molecule has 0 amide bonds. The first-order valence-electron chi connectivity index (χ1n) is 13.3. The second kappa shape index (κ2) is 16.7. The summed E-state index contributed by atoms with van der Waals surface area (Å²) in [5, 5.41) is 10.5. The molecule has 0 saturated heterocycles. The standard InChI is InChI=1S/C31H42O4/c1-3-5-6-7-8-9-10-11-12-13-14-18-21-27(25-19-16-15-17-20-25)31(34)28-23-22-26(24-29(28)32)35-30(33)4-2/h4,15-17,19-20,22-24,27,32H,2-3,5-14,18,21H2,1H3. The molecule has 190 valence electrons. The van der Waals surface area contributed by atoms with Gasteiger partial charge in [-0.05, 0) is 24.1 Å². The Morgan fingerprint density at radius 3 is 1.97 bits per heavy atom. The van der Waals surface area contributed by atoms with Crippen LogP contribution in [-0.4, -0.2) is 16.9 Å². The average molecular weight is 479 g/mol. The van der Waals surface area contributed by atoms with Gasteiger partial charge in [0.1, 0.15) is 11.5 Å². The predicted octanol–water partition coefficient (Wildman–Crippen LogP) is 8.54. The van der Waals surface area contributed by atoms with Crippen LogP contribution in [0.3, 0.4) is 0 Å². The van der Waals surface area contributed by atoms with Crippen molar-refractivity contribution in [2.24, 2.45) is 0 Å². The van der Waals surface area contributed by atoms with Crippen molar-refractivity contribution in [2.45, 2.75) is 96.3 Å². The fraction of sp³-hybridized carbons (Fsp3) is 0.484. The zero-order valence-corrected chi connectivity index (χ0v) is 21.3. The van der Waals surface area contributed by atoms with Gasteiger partial charge in [-0.25, -0.2) is 4.79 Å². The zero-order valence-electron chi connectivity index (χ0n) is 21.3. The normalized spacial score (nSPS) is 11.7. The fourth-order valence-corrected chi connectivity index (χ4v) is 4.45. The second-order valence-electron chi connectivity index (χ2n) is 9.31. The molecule has 4 nitrogen and oxygen atoms in total. The van der Waals surface area contributed by atoms with Crippen molar-refractivity contribution in [2.75, 3.05) is 0 Å². The number of phenols is 1. The van der Waals surface area contributed by atoms with Gasteiger partial charge in [-0.15, -0.1) is 0 Å². The van der Waals surface area contributed by atoms with Crippen LogP contribution < -0.4 is 4.74 Å². The van der Waals surface area contributed by atoms with Crippen LogP contribution in [-0.2, 0) is 4.79 Å². The van der Waals surface area contributed by atoms with Gasteiger partial charge in [0.2, 0.25) is 0 Å². The molecule has 0 aliphatic carbocycles. The van der Waals surface area contributed by atoms with E-state index >= 15 is 0 Å². The largest absolute Gasteiger partial charge is 0.507 e. The molecule has 2 rings (SSSR count). The predicted molar refractivity (Wildman–Crippen MR) is 143 cm³/mol. The maximum Gasteiger partial charge on any atom is 0.335 e. The summed E-state index contributed by atoms with van der Waals surface area (Å²) in [6.45, 7) is 5.62. The maximum absolute atomic E-state index is 13.4. The lowest BCUT2D eigenvalue weighted by Crippen LogP contribution is -2.14. The van der Waals surface area contributed by atoms with E-state index in [0.29, 0.717) is 0 Å². The van der Waals surface area contributed by atoms with Gasteiger partial charge >= 0.3 is 5.97 Å². The van der Waals surface area contributed by atoms with Crippen molar-refractivity contribution in [1.29, 1.82) is 0 Å². The highest BCUT2D eigenvalue weighted by atomic mass is 16.5. The van der Waals surface area contributed by atoms with Crippen LogP contribution in [0, 0.1) is 0 Å². The third-order valence-electron chi connectivity index (χ3n) is 6.48. The quantitative estimate of drug-likeness (QED) is 0.0766. The Hall–Kier alpha value is -2.88. The van der Waals surface area contributed by atoms with E-state index in [9.17, 15) is 14.7 Å². The average Bonchev–Trinajstić information content (AvgIpc) is 2.87. The SMILES string of the molecule is C=CC(=O)Oc1ccc(C(=O)C(CCCCCCCCCCCCCC)c2ccccc2)c(O)c1. The van der Waals surface area contributed by atoms with Crippen molar-refractivity contribution in [3.05, 3.63) is 72.3 Å². The second-order valence-corrected chi connectivity index (χ2v) is 9.31. The number of hydrogen-bond acceptors (Lipinski definition) is 4. The molecule has 0 aliphatic heterocycles. The van der Waals surface area contributed by atoms with Gasteiger partial charge in [0, 0.05) is 18.1 Å². The number of ether oxygens (including phenoxy) is 1. The molecule has 1 N–H and O–H groups in total. The minimum atomic E-state index is -0.613. The zero-order chi connectivity index (χ0) is 25.3. The van der Waals surface area contributed by atoms with E-state index in [1.807, 2.05) is 30.3 Å². The van der Waals surface area contributed by atoms with Crippen molar-refractivity contribution in [3.63, 3.8) is 0 Å². The Bertz CT molecular complexity index is 903. The van der Waals surface area contributed by atoms with Crippen molar-refractivity contribution < 1.29 is 19.4 Å². The first kappa shape index (κ1) is 28.4. The van der Waals surface area contributed by atoms with Gasteiger partial charge < -0.3 is 9.84 Å². The summed E-state index contributed by atoms with van der Waals surface area (Å²) in [4.78, 5) is 24.8. The third-order valence-corrected chi connectivity index (χ3v) is 6.48. The Morgan fingerprint density at radius 1 is 0.857 bits per heavy atom. The van der Waals surface area contributed by atoms with E-state index in [1.165, 1.54) is 82.4 Å². The molecule has 2 aromatic rings. The molecular weight excluding hydrogens is 436 g/mol. The highest BCUT2D eigenvalue weighted by molar-refractivity contribution is 6.03. The molecule has 0 spiro atoms. The molecule has 35 heavy (non-hydrogen) atoms. The van der Waals surface area contributed by atoms with E-state index < -0.39 is 5.97 Å². The van der Waals surface area contributed by atoms with Crippen molar-refractivity contribution >= 4 is 11.8 Å². The molecule has 0 aromatic heterocycles. The van der Waals surface area contributed by atoms with Crippen LogP contribution in [0.15, 0.2) is 61.2 Å². The number of hydrogen-bond donors (Lipinski definition) is 1. The number of carbonyl (C=O) groups excluding carboxylic acids is 2. The molecule has 1 atom stereocenters. The fourth-order valence-electron chi connectivity index (χ4n) is 4.45. The molecule has 0 aliphatic rings. The van der Waals surface area contributed by atoms with E-state index in [2.05, 4.69) is 13.5 Å². The Morgan fingerprint density at radius 2 is 1.43 bits per heavy atom. The van der Waals surface area contributed by atoms with Crippen LogP contribution in [0.25, 0.3) is 0 Å². The van der Waals surface area contributed by atoms with Crippen LogP contribution in [0.2, 0.25) is 0 Å². The number of Topliss-reactive ketones (excluding diaryl/α,β-unsaturated/α-hetero) is 1. The van der Waals surface area contributed by atoms with E-state index in [-0.39, 0.29) is 28.8 Å². The molecule has 1 unspecified atom stereocenters. The van der Waals surface area contributed by atoms with Gasteiger partial charge in [-0.3, -0.25) is 4.79 Å². The monoisotopic (exact) mass is 478 g/mol. The summed E-state index contributed by atoms with van der Waals surface area (Å²) in [5.74, 6) is -1.04. The minimum Gasteiger partial charge on any atom is -0.507 e. The minimum absolute atomic E-state index is 0.113. The molecule has 0 fully saturated rings. The molecule has 0 bridgehead atoms. The summed E-state index contributed by atoms with van der Waals surface area (Å²) in [5.41, 5.74) is 1.21. The lowest BCUT2D eigenvalue weighted by Gasteiger charge is -2.17. The van der Waals surface area contributed by atoms with Crippen molar-refractivity contribution in [3.8, 4) is 11.5 Å². The first-order valence-corrected chi connectivity index (χ1v) is 13.3. The third kappa shape index (κ3) is 10.5. The summed E-state index contributed by atoms with van der Waals surface area (Å²) in [7, 11) is 0. The van der Waals surface area contributed by atoms with E-state index in [4.69, 9.17) is 4.74 Å². The molecule has 2 aromatic carbocycles. The molecule has 0 saturated carbocycles. The summed E-state index contributed by atoms with van der Waals surface area (Å²) in [6, 6.07) is 14.1. The lowest BCUT2D eigenvalue weighted by atomic mass is 9.86. The Kier molecular flexibility index (Phi) is 13.5. The molecular formula is C31H42O4. The van der Waals surface area contributed by atoms with Gasteiger partial charge in [0.05, 0.1) is 5.56 Å². The van der Waals surface area contributed by atoms with Gasteiger partial charge in [-0.2, -0.15) is 0 Å². The van der Waals surface area contributed by atoms with E-state index in [1.54, 1.807) is 0 Å². The number of carbonyl (C=O) groups is 2. The van der Waals surface area contributed by atoms with Crippen LogP contribution in [0.1, 0.15) is 112 Å². The van der Waals surface area contributed by atoms with Crippen LogP contribution >= 0.6 is 0 Å². The highest BCUT2D eigenvalue weighted by Gasteiger charge is 2.24. The number of aromatic hydroxyl groups is 1. The summed E-state index contributed by atoms with van der Waals surface area (Å²) in [6.07, 6.45) is 17.1. The molecule has 0 heterocycles. The first-order chi connectivity index (χ1) is 17.1. The van der Waals surface area contributed by atoms with Crippen LogP contribution in [0.4, 0.5) is 0 Å². The van der Waals surface area contributed by atoms with Gasteiger partial charge in [-0.1, -0.05) is 121 Å². The molecule has 0 radical (unpaired) electrons. The van der Waals surface area contributed by atoms with Crippen LogP contribution in [0.5, 0.6) is 11.5 Å². The van der Waals surface area contributed by atoms with Gasteiger partial charge in [0.15, 0.2) is 5.78 Å². The number of esters is 1. The number of benzene rings is 2.